The van der Waals surface area contributed by atoms with Crippen molar-refractivity contribution >= 4 is 29.0 Å². The Morgan fingerprint density at radius 3 is 2.92 bits per heavy atom. The Kier molecular flexibility index (Phi) is 1.78. The highest BCUT2D eigenvalue weighted by molar-refractivity contribution is 7.14. The van der Waals surface area contributed by atoms with Gasteiger partial charge in [0.1, 0.15) is 0 Å². The molecule has 12 heavy (non-hydrogen) atoms. The normalized spacial score (nSPS) is 10.4. The summed E-state index contributed by atoms with van der Waals surface area (Å²) in [5.74, 6) is 0.657. The van der Waals surface area contributed by atoms with Crippen LogP contribution in [0.15, 0.2) is 22.1 Å². The molecule has 5 heteroatoms. The summed E-state index contributed by atoms with van der Waals surface area (Å²) in [4.78, 5) is 4.71. The van der Waals surface area contributed by atoms with Gasteiger partial charge < -0.3 is 10.2 Å². The molecule has 0 atom stereocenters. The topological polar surface area (TPSA) is 52.0 Å². The Balaban J connectivity index is 2.43. The number of thiophene rings is 1. The van der Waals surface area contributed by atoms with Crippen molar-refractivity contribution in [3.63, 3.8) is 0 Å². The van der Waals surface area contributed by atoms with Gasteiger partial charge in [-0.05, 0) is 6.07 Å². The third-order valence-electron chi connectivity index (χ3n) is 1.33. The number of rotatable bonds is 1. The van der Waals surface area contributed by atoms with Crippen LogP contribution in [0.1, 0.15) is 0 Å². The summed E-state index contributed by atoms with van der Waals surface area (Å²) < 4.78 is 5.10. The first-order valence-corrected chi connectivity index (χ1v) is 4.47. The molecule has 2 aromatic rings. The van der Waals surface area contributed by atoms with Gasteiger partial charge in [-0.1, -0.05) is 11.6 Å². The zero-order chi connectivity index (χ0) is 8.55. The number of nitrogen functional groups attached to an aromatic ring is 1. The first kappa shape index (κ1) is 7.64. The van der Waals surface area contributed by atoms with E-state index in [0.717, 1.165) is 4.88 Å². The Morgan fingerprint density at radius 1 is 1.58 bits per heavy atom. The average Bonchev–Trinajstić information content (AvgIpc) is 2.58. The molecule has 2 rings (SSSR count). The highest BCUT2D eigenvalue weighted by Gasteiger charge is 2.05. The zero-order valence-corrected chi connectivity index (χ0v) is 7.52. The molecule has 0 fully saturated rings. The van der Waals surface area contributed by atoms with Crippen LogP contribution < -0.4 is 5.73 Å². The van der Waals surface area contributed by atoms with Crippen LogP contribution in [-0.4, -0.2) is 4.98 Å². The van der Waals surface area contributed by atoms with E-state index in [4.69, 9.17) is 21.8 Å². The van der Waals surface area contributed by atoms with Crippen LogP contribution in [-0.2, 0) is 0 Å². The minimum atomic E-state index is 0.175. The lowest BCUT2D eigenvalue weighted by Crippen LogP contribution is -1.79. The molecule has 2 heterocycles. The number of anilines is 1. The molecule has 0 bridgehead atoms. The van der Waals surface area contributed by atoms with Gasteiger partial charge in [-0.2, -0.15) is 0 Å². The lowest BCUT2D eigenvalue weighted by Gasteiger charge is -1.85. The molecular weight excluding hydrogens is 196 g/mol. The second-order valence-electron chi connectivity index (χ2n) is 2.19. The number of nitrogens with zero attached hydrogens (tertiary/aromatic N) is 1. The predicted molar refractivity (Wildman–Crippen MR) is 49.2 cm³/mol. The lowest BCUT2D eigenvalue weighted by molar-refractivity contribution is 0.596. The van der Waals surface area contributed by atoms with Gasteiger partial charge in [-0.3, -0.25) is 0 Å². The maximum Gasteiger partial charge on any atom is 0.292 e. The molecular formula is C7H5ClN2OS. The second kappa shape index (κ2) is 2.80. The van der Waals surface area contributed by atoms with Gasteiger partial charge in [0.2, 0.25) is 0 Å². The largest absolute Gasteiger partial charge is 0.423 e. The van der Waals surface area contributed by atoms with Crippen LogP contribution >= 0.6 is 22.9 Å². The van der Waals surface area contributed by atoms with Crippen LogP contribution in [0.2, 0.25) is 5.02 Å². The molecule has 3 nitrogen and oxygen atoms in total. The van der Waals surface area contributed by atoms with Crippen molar-refractivity contribution in [3.8, 4) is 10.6 Å². The summed E-state index contributed by atoms with van der Waals surface area (Å²) in [6.45, 7) is 0. The van der Waals surface area contributed by atoms with Gasteiger partial charge in [-0.25, -0.2) is 4.98 Å². The Morgan fingerprint density at radius 2 is 2.42 bits per heavy atom. The Labute approximate surface area is 77.8 Å². The van der Waals surface area contributed by atoms with Crippen LogP contribution in [0.3, 0.4) is 0 Å². The first-order valence-electron chi connectivity index (χ1n) is 3.21. The Bertz CT molecular complexity index is 357. The van der Waals surface area contributed by atoms with Crippen LogP contribution in [0.4, 0.5) is 6.01 Å². The molecule has 62 valence electrons. The molecule has 0 unspecified atom stereocenters. The quantitative estimate of drug-likeness (QED) is 0.770. The molecule has 2 N–H and O–H groups in total. The van der Waals surface area contributed by atoms with Crippen molar-refractivity contribution in [2.24, 2.45) is 0 Å². The predicted octanol–water partition coefficient (Wildman–Crippen LogP) is 2.64. The Hall–Kier alpha value is -1.00. The van der Waals surface area contributed by atoms with E-state index in [0.29, 0.717) is 10.8 Å². The van der Waals surface area contributed by atoms with Crippen LogP contribution in [0.5, 0.6) is 0 Å². The summed E-state index contributed by atoms with van der Waals surface area (Å²) >= 11 is 7.23. The average molecular weight is 201 g/mol. The summed E-state index contributed by atoms with van der Waals surface area (Å²) in [5.41, 5.74) is 5.32. The van der Waals surface area contributed by atoms with E-state index in [-0.39, 0.29) is 6.01 Å². The number of nitrogens with two attached hydrogens (primary N) is 1. The maximum atomic E-state index is 5.73. The smallest absolute Gasteiger partial charge is 0.292 e. The summed E-state index contributed by atoms with van der Waals surface area (Å²) in [6, 6.07) is 1.99. The van der Waals surface area contributed by atoms with E-state index < -0.39 is 0 Å². The maximum absolute atomic E-state index is 5.73. The lowest BCUT2D eigenvalue weighted by atomic mass is 10.4. The molecule has 2 aromatic heterocycles. The number of halogens is 1. The SMILES string of the molecule is Nc1ncc(-c2cc(Cl)cs2)o1. The van der Waals surface area contributed by atoms with E-state index in [9.17, 15) is 0 Å². The van der Waals surface area contributed by atoms with Gasteiger partial charge >= 0.3 is 0 Å². The molecule has 0 aliphatic heterocycles. The molecule has 0 saturated carbocycles. The summed E-state index contributed by atoms with van der Waals surface area (Å²) in [6.07, 6.45) is 1.58. The highest BCUT2D eigenvalue weighted by atomic mass is 35.5. The fourth-order valence-electron chi connectivity index (χ4n) is 0.844. The van der Waals surface area contributed by atoms with Gasteiger partial charge in [0.15, 0.2) is 5.76 Å². The highest BCUT2D eigenvalue weighted by Crippen LogP contribution is 2.30. The number of hydrogen-bond acceptors (Lipinski definition) is 4. The fourth-order valence-corrected chi connectivity index (χ4v) is 1.86. The van der Waals surface area contributed by atoms with E-state index in [2.05, 4.69) is 4.98 Å². The van der Waals surface area contributed by atoms with Crippen molar-refractivity contribution in [2.75, 3.05) is 5.73 Å². The second-order valence-corrected chi connectivity index (χ2v) is 3.54. The van der Waals surface area contributed by atoms with Crippen LogP contribution in [0.25, 0.3) is 10.6 Å². The van der Waals surface area contributed by atoms with E-state index in [1.54, 1.807) is 6.20 Å². The number of aromatic nitrogens is 1. The third-order valence-corrected chi connectivity index (χ3v) is 2.63. The summed E-state index contributed by atoms with van der Waals surface area (Å²) in [7, 11) is 0. The van der Waals surface area contributed by atoms with Crippen molar-refractivity contribution in [1.29, 1.82) is 0 Å². The number of oxazole rings is 1. The standard InChI is InChI=1S/C7H5ClN2OS/c8-4-1-6(12-3-4)5-2-10-7(9)11-5/h1-3H,(H2,9,10). The van der Waals surface area contributed by atoms with E-state index in [1.165, 1.54) is 11.3 Å². The van der Waals surface area contributed by atoms with Crippen molar-refractivity contribution in [2.45, 2.75) is 0 Å². The molecule has 0 saturated heterocycles. The first-order chi connectivity index (χ1) is 5.75. The van der Waals surface area contributed by atoms with E-state index in [1.807, 2.05) is 11.4 Å². The van der Waals surface area contributed by atoms with Gasteiger partial charge in [0.05, 0.1) is 16.1 Å². The van der Waals surface area contributed by atoms with Gasteiger partial charge in [0.25, 0.3) is 6.01 Å². The van der Waals surface area contributed by atoms with Crippen molar-refractivity contribution < 1.29 is 4.42 Å². The van der Waals surface area contributed by atoms with Crippen LogP contribution in [0, 0.1) is 0 Å². The monoisotopic (exact) mass is 200 g/mol. The molecule has 0 spiro atoms. The molecule has 0 aromatic carbocycles. The third kappa shape index (κ3) is 1.31. The zero-order valence-electron chi connectivity index (χ0n) is 5.95. The van der Waals surface area contributed by atoms with Crippen molar-refractivity contribution in [3.05, 3.63) is 22.7 Å². The molecule has 0 amide bonds. The van der Waals surface area contributed by atoms with Crippen molar-refractivity contribution in [1.82, 2.24) is 4.98 Å². The fraction of sp³-hybridized carbons (Fsp3) is 0. The number of hydrogen-bond donors (Lipinski definition) is 1. The van der Waals surface area contributed by atoms with Gasteiger partial charge in [0, 0.05) is 5.38 Å². The molecule has 0 aliphatic carbocycles. The molecule has 0 aliphatic rings. The minimum absolute atomic E-state index is 0.175. The molecule has 0 radical (unpaired) electrons. The minimum Gasteiger partial charge on any atom is -0.423 e. The summed E-state index contributed by atoms with van der Waals surface area (Å²) in [5, 5.41) is 2.53. The van der Waals surface area contributed by atoms with E-state index >= 15 is 0 Å². The van der Waals surface area contributed by atoms with Gasteiger partial charge in [-0.15, -0.1) is 11.3 Å².